The van der Waals surface area contributed by atoms with Gasteiger partial charge in [-0.05, 0) is 24.3 Å². The molecule has 5 heteroatoms. The van der Waals surface area contributed by atoms with Crippen molar-refractivity contribution in [3.05, 3.63) is 35.8 Å². The van der Waals surface area contributed by atoms with Gasteiger partial charge >= 0.3 is 0 Å². The minimum atomic E-state index is -0.319. The molecule has 0 atom stereocenters. The maximum absolute atomic E-state index is 13.2. The third-order valence-corrected chi connectivity index (χ3v) is 2.62. The van der Waals surface area contributed by atoms with Crippen LogP contribution >= 0.6 is 0 Å². The number of nitrogens with zero attached hydrogens (tertiary/aromatic N) is 2. The van der Waals surface area contributed by atoms with E-state index in [4.69, 9.17) is 10.5 Å². The van der Waals surface area contributed by atoms with Crippen LogP contribution in [0.5, 0.6) is 5.75 Å². The number of halogens is 1. The molecule has 17 heavy (non-hydrogen) atoms. The van der Waals surface area contributed by atoms with Crippen LogP contribution in [0, 0.1) is 5.82 Å². The Bertz CT molecular complexity index is 537. The number of rotatable bonds is 3. The Morgan fingerprint density at radius 3 is 2.76 bits per heavy atom. The van der Waals surface area contributed by atoms with Crippen molar-refractivity contribution in [1.29, 1.82) is 0 Å². The van der Waals surface area contributed by atoms with Gasteiger partial charge in [0.2, 0.25) is 0 Å². The van der Waals surface area contributed by atoms with Crippen molar-refractivity contribution in [2.75, 3.05) is 7.11 Å². The summed E-state index contributed by atoms with van der Waals surface area (Å²) in [6.45, 7) is 0.390. The zero-order valence-electron chi connectivity index (χ0n) is 9.77. The molecule has 0 bridgehead atoms. The molecule has 0 saturated heterocycles. The number of hydrogen-bond donors (Lipinski definition) is 1. The van der Waals surface area contributed by atoms with Crippen molar-refractivity contribution >= 4 is 0 Å². The lowest BCUT2D eigenvalue weighted by molar-refractivity contribution is 0.415. The van der Waals surface area contributed by atoms with E-state index in [0.717, 1.165) is 5.69 Å². The summed E-state index contributed by atoms with van der Waals surface area (Å²) in [6.07, 6.45) is 0. The van der Waals surface area contributed by atoms with E-state index >= 15 is 0 Å². The Hall–Kier alpha value is -1.88. The first kappa shape index (κ1) is 11.6. The second-order valence-corrected chi connectivity index (χ2v) is 3.69. The van der Waals surface area contributed by atoms with E-state index in [0.29, 0.717) is 23.6 Å². The highest BCUT2D eigenvalue weighted by atomic mass is 19.1. The first-order valence-corrected chi connectivity index (χ1v) is 5.22. The highest BCUT2D eigenvalue weighted by Crippen LogP contribution is 2.29. The molecule has 2 rings (SSSR count). The molecule has 1 heterocycles. The molecule has 2 aromatic rings. The van der Waals surface area contributed by atoms with Gasteiger partial charge in [-0.1, -0.05) is 0 Å². The Labute approximate surface area is 98.8 Å². The Morgan fingerprint density at radius 1 is 1.41 bits per heavy atom. The van der Waals surface area contributed by atoms with Gasteiger partial charge in [-0.25, -0.2) is 4.39 Å². The number of ether oxygens (including phenoxy) is 1. The van der Waals surface area contributed by atoms with E-state index in [1.54, 1.807) is 24.9 Å². The zero-order chi connectivity index (χ0) is 12.4. The molecule has 4 nitrogen and oxygen atoms in total. The molecule has 0 amide bonds. The Morgan fingerprint density at radius 2 is 2.18 bits per heavy atom. The number of aryl methyl sites for hydroxylation is 1. The fourth-order valence-corrected chi connectivity index (χ4v) is 1.71. The monoisotopic (exact) mass is 235 g/mol. The van der Waals surface area contributed by atoms with E-state index in [1.165, 1.54) is 12.1 Å². The number of aromatic nitrogens is 2. The summed E-state index contributed by atoms with van der Waals surface area (Å²) in [4.78, 5) is 0. The maximum Gasteiger partial charge on any atom is 0.128 e. The van der Waals surface area contributed by atoms with Crippen LogP contribution in [-0.2, 0) is 13.6 Å². The third kappa shape index (κ3) is 2.14. The number of benzene rings is 1. The lowest BCUT2D eigenvalue weighted by atomic mass is 10.1. The van der Waals surface area contributed by atoms with E-state index in [9.17, 15) is 4.39 Å². The van der Waals surface area contributed by atoms with Gasteiger partial charge in [0, 0.05) is 19.2 Å². The molecule has 0 spiro atoms. The van der Waals surface area contributed by atoms with Crippen molar-refractivity contribution < 1.29 is 9.13 Å². The van der Waals surface area contributed by atoms with Crippen molar-refractivity contribution in [2.45, 2.75) is 6.54 Å². The summed E-state index contributed by atoms with van der Waals surface area (Å²) in [6, 6.07) is 6.18. The highest BCUT2D eigenvalue weighted by molar-refractivity contribution is 5.67. The van der Waals surface area contributed by atoms with Crippen LogP contribution in [0.25, 0.3) is 11.3 Å². The topological polar surface area (TPSA) is 53.1 Å². The van der Waals surface area contributed by atoms with Crippen LogP contribution in [0.15, 0.2) is 24.3 Å². The van der Waals surface area contributed by atoms with E-state index in [2.05, 4.69) is 5.10 Å². The Balaban J connectivity index is 2.54. The van der Waals surface area contributed by atoms with Gasteiger partial charge < -0.3 is 10.5 Å². The van der Waals surface area contributed by atoms with Gasteiger partial charge in [-0.3, -0.25) is 4.68 Å². The molecule has 0 fully saturated rings. The second kappa shape index (κ2) is 4.55. The second-order valence-electron chi connectivity index (χ2n) is 3.69. The van der Waals surface area contributed by atoms with Crippen LogP contribution in [0.3, 0.4) is 0 Å². The highest BCUT2D eigenvalue weighted by Gasteiger charge is 2.12. The van der Waals surface area contributed by atoms with Gasteiger partial charge in [-0.15, -0.1) is 0 Å². The summed E-state index contributed by atoms with van der Waals surface area (Å²) < 4.78 is 20.1. The summed E-state index contributed by atoms with van der Waals surface area (Å²) in [5.74, 6) is 0.272. The predicted molar refractivity (Wildman–Crippen MR) is 63.0 cm³/mol. The molecule has 0 aliphatic heterocycles. The summed E-state index contributed by atoms with van der Waals surface area (Å²) in [5.41, 5.74) is 7.74. The van der Waals surface area contributed by atoms with E-state index in [1.807, 2.05) is 6.07 Å². The normalized spacial score (nSPS) is 10.6. The summed E-state index contributed by atoms with van der Waals surface area (Å²) in [7, 11) is 3.35. The van der Waals surface area contributed by atoms with Crippen molar-refractivity contribution in [2.24, 2.45) is 12.8 Å². The molecule has 2 N–H and O–H groups in total. The minimum absolute atomic E-state index is 0.319. The molecular weight excluding hydrogens is 221 g/mol. The van der Waals surface area contributed by atoms with Gasteiger partial charge in [0.15, 0.2) is 0 Å². The number of nitrogens with two attached hydrogens (primary N) is 1. The van der Waals surface area contributed by atoms with Crippen molar-refractivity contribution in [3.8, 4) is 17.0 Å². The largest absolute Gasteiger partial charge is 0.496 e. The van der Waals surface area contributed by atoms with Gasteiger partial charge in [-0.2, -0.15) is 5.10 Å². The maximum atomic E-state index is 13.2. The van der Waals surface area contributed by atoms with E-state index < -0.39 is 0 Å². The van der Waals surface area contributed by atoms with E-state index in [-0.39, 0.29) is 5.82 Å². The smallest absolute Gasteiger partial charge is 0.128 e. The number of methoxy groups -OCH3 is 1. The van der Waals surface area contributed by atoms with Gasteiger partial charge in [0.25, 0.3) is 0 Å². The van der Waals surface area contributed by atoms with Crippen LogP contribution in [0.2, 0.25) is 0 Å². The lowest BCUT2D eigenvalue weighted by Gasteiger charge is -2.05. The van der Waals surface area contributed by atoms with Crippen LogP contribution in [0.1, 0.15) is 5.69 Å². The van der Waals surface area contributed by atoms with Crippen LogP contribution in [-0.4, -0.2) is 16.9 Å². The quantitative estimate of drug-likeness (QED) is 0.880. The minimum Gasteiger partial charge on any atom is -0.496 e. The Kier molecular flexibility index (Phi) is 3.10. The standard InChI is InChI=1S/C12H14FN3O/c1-16-9(7-14)6-11(15-16)10-5-8(13)3-4-12(10)17-2/h3-6H,7,14H2,1-2H3. The number of hydrogen-bond acceptors (Lipinski definition) is 3. The van der Waals surface area contributed by atoms with Crippen molar-refractivity contribution in [1.82, 2.24) is 9.78 Å². The molecular formula is C12H14FN3O. The fraction of sp³-hybridized carbons (Fsp3) is 0.250. The molecule has 0 aliphatic carbocycles. The van der Waals surface area contributed by atoms with Crippen LogP contribution in [0.4, 0.5) is 4.39 Å². The molecule has 1 aromatic carbocycles. The first-order chi connectivity index (χ1) is 8.15. The molecule has 1 aromatic heterocycles. The predicted octanol–water partition coefficient (Wildman–Crippen LogP) is 1.69. The average molecular weight is 235 g/mol. The first-order valence-electron chi connectivity index (χ1n) is 5.22. The molecule has 90 valence electrons. The van der Waals surface area contributed by atoms with Gasteiger partial charge in [0.1, 0.15) is 11.6 Å². The molecule has 0 radical (unpaired) electrons. The molecule has 0 unspecified atom stereocenters. The molecule has 0 saturated carbocycles. The molecule has 0 aliphatic rings. The summed E-state index contributed by atoms with van der Waals surface area (Å²) in [5, 5.41) is 4.29. The summed E-state index contributed by atoms with van der Waals surface area (Å²) >= 11 is 0. The SMILES string of the molecule is COc1ccc(F)cc1-c1cc(CN)n(C)n1. The van der Waals surface area contributed by atoms with Gasteiger partial charge in [0.05, 0.1) is 18.5 Å². The average Bonchev–Trinajstić information content (AvgIpc) is 2.70. The van der Waals surface area contributed by atoms with Crippen molar-refractivity contribution in [3.63, 3.8) is 0 Å². The third-order valence-electron chi connectivity index (χ3n) is 2.62. The lowest BCUT2D eigenvalue weighted by Crippen LogP contribution is -2.03. The fourth-order valence-electron chi connectivity index (χ4n) is 1.71. The zero-order valence-corrected chi connectivity index (χ0v) is 9.77. The van der Waals surface area contributed by atoms with Crippen LogP contribution < -0.4 is 10.5 Å².